The molecule has 114 valence electrons. The lowest BCUT2D eigenvalue weighted by molar-refractivity contribution is -0.146. The van der Waals surface area contributed by atoms with Crippen molar-refractivity contribution >= 4 is 5.91 Å². The van der Waals surface area contributed by atoms with Crippen LogP contribution in [0, 0.1) is 5.92 Å². The van der Waals surface area contributed by atoms with Crippen molar-refractivity contribution in [2.24, 2.45) is 5.92 Å². The molecule has 2 heterocycles. The van der Waals surface area contributed by atoms with Gasteiger partial charge in [0.2, 0.25) is 5.91 Å². The van der Waals surface area contributed by atoms with Crippen molar-refractivity contribution in [1.82, 2.24) is 10.2 Å². The van der Waals surface area contributed by atoms with Gasteiger partial charge in [-0.3, -0.25) is 4.79 Å². The number of hydrogen-bond donors (Lipinski definition) is 1. The van der Waals surface area contributed by atoms with Crippen molar-refractivity contribution in [3.63, 3.8) is 0 Å². The molecule has 2 aliphatic heterocycles. The van der Waals surface area contributed by atoms with Crippen LogP contribution in [-0.4, -0.2) is 48.2 Å². The van der Waals surface area contributed by atoms with E-state index in [1.165, 1.54) is 32.1 Å². The van der Waals surface area contributed by atoms with E-state index in [9.17, 15) is 4.79 Å². The highest BCUT2D eigenvalue weighted by molar-refractivity contribution is 5.82. The molecule has 0 spiro atoms. The summed E-state index contributed by atoms with van der Waals surface area (Å²) >= 11 is 0. The minimum absolute atomic E-state index is 0.0480. The summed E-state index contributed by atoms with van der Waals surface area (Å²) in [6.45, 7) is 5.60. The van der Waals surface area contributed by atoms with E-state index in [0.29, 0.717) is 11.9 Å². The molecular formula is C16H28N2O2. The molecule has 3 aliphatic rings. The molecule has 3 rings (SSSR count). The maximum Gasteiger partial charge on any atom is 0.239 e. The Labute approximate surface area is 122 Å². The lowest BCUT2D eigenvalue weighted by Crippen LogP contribution is -2.58. The molecule has 20 heavy (non-hydrogen) atoms. The zero-order chi connectivity index (χ0) is 14.1. The lowest BCUT2D eigenvalue weighted by atomic mass is 9.77. The summed E-state index contributed by atoms with van der Waals surface area (Å²) < 4.78 is 5.73. The van der Waals surface area contributed by atoms with E-state index in [2.05, 4.69) is 19.2 Å². The summed E-state index contributed by atoms with van der Waals surface area (Å²) in [7, 11) is 0. The third-order valence-electron chi connectivity index (χ3n) is 5.18. The van der Waals surface area contributed by atoms with E-state index in [0.717, 1.165) is 25.4 Å². The van der Waals surface area contributed by atoms with Crippen LogP contribution >= 0.6 is 0 Å². The predicted octanol–water partition coefficient (Wildman–Crippen LogP) is 1.93. The van der Waals surface area contributed by atoms with E-state index in [1.807, 2.05) is 4.90 Å². The number of piperidine rings is 1. The normalized spacial score (nSPS) is 42.1. The van der Waals surface area contributed by atoms with E-state index in [-0.39, 0.29) is 18.2 Å². The molecule has 0 aromatic carbocycles. The van der Waals surface area contributed by atoms with Crippen LogP contribution in [-0.2, 0) is 9.53 Å². The first kappa shape index (κ1) is 14.3. The molecular weight excluding hydrogens is 252 g/mol. The van der Waals surface area contributed by atoms with Crippen LogP contribution in [0.25, 0.3) is 0 Å². The number of nitrogens with one attached hydrogen (secondary N) is 1. The van der Waals surface area contributed by atoms with Crippen molar-refractivity contribution < 1.29 is 9.53 Å². The lowest BCUT2D eigenvalue weighted by Gasteiger charge is -2.43. The standard InChI is InChI=1S/C16H28N2O2/c1-11-9-18(10-12(2)20-11)16(19)15-8-7-13-5-3-4-6-14(13)17-15/h11-15,17H,3-10H2,1-2H3. The fraction of sp³-hybridized carbons (Fsp3) is 0.938. The van der Waals surface area contributed by atoms with E-state index in [1.54, 1.807) is 0 Å². The van der Waals surface area contributed by atoms with Crippen LogP contribution < -0.4 is 5.32 Å². The zero-order valence-corrected chi connectivity index (χ0v) is 12.8. The van der Waals surface area contributed by atoms with Crippen molar-refractivity contribution in [1.29, 1.82) is 0 Å². The highest BCUT2D eigenvalue weighted by Gasteiger charge is 2.37. The van der Waals surface area contributed by atoms with Gasteiger partial charge in [0.15, 0.2) is 0 Å². The van der Waals surface area contributed by atoms with Gasteiger partial charge >= 0.3 is 0 Å². The average Bonchev–Trinajstić information content (AvgIpc) is 2.45. The van der Waals surface area contributed by atoms with Gasteiger partial charge in [-0.2, -0.15) is 0 Å². The largest absolute Gasteiger partial charge is 0.372 e. The summed E-state index contributed by atoms with van der Waals surface area (Å²) in [5, 5.41) is 3.65. The second-order valence-corrected chi connectivity index (χ2v) is 6.95. The Morgan fingerprint density at radius 1 is 1.05 bits per heavy atom. The van der Waals surface area contributed by atoms with Crippen LogP contribution in [0.1, 0.15) is 52.4 Å². The Hall–Kier alpha value is -0.610. The molecule has 1 amide bonds. The van der Waals surface area contributed by atoms with Gasteiger partial charge in [-0.15, -0.1) is 0 Å². The van der Waals surface area contributed by atoms with Gasteiger partial charge in [-0.25, -0.2) is 0 Å². The van der Waals surface area contributed by atoms with Crippen LogP contribution in [0.2, 0.25) is 0 Å². The SMILES string of the molecule is CC1CN(C(=O)C2CCC3CCCCC3N2)CC(C)O1. The molecule has 4 heteroatoms. The second-order valence-electron chi connectivity index (χ2n) is 6.95. The maximum absolute atomic E-state index is 12.7. The number of fused-ring (bicyclic) bond motifs is 1. The Bertz CT molecular complexity index is 350. The number of carbonyl (C=O) groups is 1. The number of amides is 1. The number of carbonyl (C=O) groups excluding carboxylic acids is 1. The smallest absolute Gasteiger partial charge is 0.239 e. The van der Waals surface area contributed by atoms with E-state index in [4.69, 9.17) is 4.74 Å². The first-order valence-corrected chi connectivity index (χ1v) is 8.34. The fourth-order valence-corrected chi connectivity index (χ4v) is 4.27. The topological polar surface area (TPSA) is 41.6 Å². The minimum atomic E-state index is 0.0480. The van der Waals surface area contributed by atoms with Gasteiger partial charge < -0.3 is 15.0 Å². The van der Waals surface area contributed by atoms with Crippen LogP contribution in [0.5, 0.6) is 0 Å². The molecule has 0 radical (unpaired) electrons. The summed E-state index contributed by atoms with van der Waals surface area (Å²) in [6.07, 6.45) is 7.86. The van der Waals surface area contributed by atoms with Crippen molar-refractivity contribution in [3.05, 3.63) is 0 Å². The second kappa shape index (κ2) is 6.02. The highest BCUT2D eigenvalue weighted by Crippen LogP contribution is 2.32. The van der Waals surface area contributed by atoms with Crippen LogP contribution in [0.4, 0.5) is 0 Å². The first-order chi connectivity index (χ1) is 9.63. The Morgan fingerprint density at radius 2 is 1.75 bits per heavy atom. The third kappa shape index (κ3) is 3.01. The molecule has 1 saturated carbocycles. The molecule has 5 atom stereocenters. The molecule has 5 unspecified atom stereocenters. The maximum atomic E-state index is 12.7. The summed E-state index contributed by atoms with van der Waals surface area (Å²) in [4.78, 5) is 14.7. The number of morpholine rings is 1. The highest BCUT2D eigenvalue weighted by atomic mass is 16.5. The van der Waals surface area contributed by atoms with Gasteiger partial charge in [0.05, 0.1) is 18.2 Å². The quantitative estimate of drug-likeness (QED) is 0.798. The van der Waals surface area contributed by atoms with E-state index >= 15 is 0 Å². The Morgan fingerprint density at radius 3 is 2.50 bits per heavy atom. The first-order valence-electron chi connectivity index (χ1n) is 8.34. The van der Waals surface area contributed by atoms with Gasteiger partial charge in [-0.1, -0.05) is 12.8 Å². The Balaban J connectivity index is 1.59. The molecule has 2 saturated heterocycles. The molecule has 0 aromatic rings. The fourth-order valence-electron chi connectivity index (χ4n) is 4.27. The van der Waals surface area contributed by atoms with Crippen molar-refractivity contribution in [2.75, 3.05) is 13.1 Å². The van der Waals surface area contributed by atoms with Crippen LogP contribution in [0.3, 0.4) is 0 Å². The number of rotatable bonds is 1. The number of nitrogens with zero attached hydrogens (tertiary/aromatic N) is 1. The predicted molar refractivity (Wildman–Crippen MR) is 78.5 cm³/mol. The Kier molecular flexibility index (Phi) is 4.32. The van der Waals surface area contributed by atoms with Gasteiger partial charge in [-0.05, 0) is 45.4 Å². The number of hydrogen-bond acceptors (Lipinski definition) is 3. The average molecular weight is 280 g/mol. The number of ether oxygens (including phenoxy) is 1. The van der Waals surface area contributed by atoms with Gasteiger partial charge in [0, 0.05) is 19.1 Å². The molecule has 0 aromatic heterocycles. The van der Waals surface area contributed by atoms with Gasteiger partial charge in [0.25, 0.3) is 0 Å². The van der Waals surface area contributed by atoms with Crippen molar-refractivity contribution in [2.45, 2.75) is 76.7 Å². The molecule has 1 aliphatic carbocycles. The molecule has 1 N–H and O–H groups in total. The summed E-state index contributed by atoms with van der Waals surface area (Å²) in [5.41, 5.74) is 0. The van der Waals surface area contributed by atoms with Gasteiger partial charge in [0.1, 0.15) is 0 Å². The van der Waals surface area contributed by atoms with Crippen LogP contribution in [0.15, 0.2) is 0 Å². The molecule has 4 nitrogen and oxygen atoms in total. The third-order valence-corrected chi connectivity index (χ3v) is 5.18. The zero-order valence-electron chi connectivity index (χ0n) is 12.8. The molecule has 3 fully saturated rings. The summed E-state index contributed by atoms with van der Waals surface area (Å²) in [5.74, 6) is 1.12. The monoisotopic (exact) mass is 280 g/mol. The summed E-state index contributed by atoms with van der Waals surface area (Å²) in [6, 6.07) is 0.634. The van der Waals surface area contributed by atoms with Crippen molar-refractivity contribution in [3.8, 4) is 0 Å². The minimum Gasteiger partial charge on any atom is -0.372 e. The van der Waals surface area contributed by atoms with E-state index < -0.39 is 0 Å². The molecule has 0 bridgehead atoms.